The summed E-state index contributed by atoms with van der Waals surface area (Å²) in [6, 6.07) is 12.3. The van der Waals surface area contributed by atoms with Gasteiger partial charge >= 0.3 is 0 Å². The van der Waals surface area contributed by atoms with E-state index in [1.54, 1.807) is 14.2 Å². The highest BCUT2D eigenvalue weighted by Gasteiger charge is 2.37. The molecule has 0 radical (unpaired) electrons. The molecule has 30 heavy (non-hydrogen) atoms. The van der Waals surface area contributed by atoms with Gasteiger partial charge in [0.25, 0.3) is 0 Å². The molecule has 0 aromatic heterocycles. The van der Waals surface area contributed by atoms with Crippen molar-refractivity contribution in [2.75, 3.05) is 14.2 Å². The number of aromatic hydroxyl groups is 1. The number of hydrogen-bond acceptors (Lipinski definition) is 4. The molecule has 0 amide bonds. The lowest BCUT2D eigenvalue weighted by atomic mass is 9.81. The first-order valence-corrected chi connectivity index (χ1v) is 10.3. The van der Waals surface area contributed by atoms with Crippen LogP contribution in [-0.2, 0) is 11.8 Å². The Balaban J connectivity index is 1.94. The third-order valence-electron chi connectivity index (χ3n) is 6.34. The highest BCUT2D eigenvalue weighted by atomic mass is 16.5. The van der Waals surface area contributed by atoms with E-state index in [4.69, 9.17) is 9.47 Å². The zero-order chi connectivity index (χ0) is 21.8. The van der Waals surface area contributed by atoms with Crippen LogP contribution in [0.1, 0.15) is 50.8 Å². The molecule has 0 unspecified atom stereocenters. The maximum absolute atomic E-state index is 10.8. The Hall–Kier alpha value is -2.72. The largest absolute Gasteiger partial charge is 0.507 e. The molecule has 3 aromatic carbocycles. The summed E-state index contributed by atoms with van der Waals surface area (Å²) in [5.74, 6) is 1.48. The van der Waals surface area contributed by atoms with Gasteiger partial charge in [-0.3, -0.25) is 0 Å². The predicted octanol–water partition coefficient (Wildman–Crippen LogP) is 5.57. The molecule has 0 bridgehead atoms. The van der Waals surface area contributed by atoms with Crippen molar-refractivity contribution in [1.82, 2.24) is 0 Å². The molecule has 2 N–H and O–H groups in total. The van der Waals surface area contributed by atoms with Crippen molar-refractivity contribution in [1.29, 1.82) is 0 Å². The summed E-state index contributed by atoms with van der Waals surface area (Å²) in [6.45, 7) is 8.08. The normalized spacial score (nSPS) is 14.5. The molecule has 0 fully saturated rings. The van der Waals surface area contributed by atoms with Crippen LogP contribution in [0.15, 0.2) is 36.4 Å². The van der Waals surface area contributed by atoms with Crippen LogP contribution in [0.4, 0.5) is 0 Å². The Bertz CT molecular complexity index is 1140. The molecular formula is C26H30O4. The monoisotopic (exact) mass is 406 g/mol. The molecule has 0 saturated heterocycles. The van der Waals surface area contributed by atoms with Crippen LogP contribution in [0.25, 0.3) is 21.9 Å². The second-order valence-corrected chi connectivity index (χ2v) is 9.39. The molecule has 1 aliphatic carbocycles. The maximum atomic E-state index is 10.8. The molecule has 4 nitrogen and oxygen atoms in total. The zero-order valence-electron chi connectivity index (χ0n) is 18.6. The fourth-order valence-electron chi connectivity index (χ4n) is 4.59. The maximum Gasteiger partial charge on any atom is 0.161 e. The Labute approximate surface area is 178 Å². The number of methoxy groups -OCH3 is 2. The molecule has 4 rings (SSSR count). The minimum atomic E-state index is -0.685. The van der Waals surface area contributed by atoms with Crippen molar-refractivity contribution >= 4 is 10.8 Å². The van der Waals surface area contributed by atoms with E-state index < -0.39 is 5.60 Å². The molecule has 4 heteroatoms. The minimum Gasteiger partial charge on any atom is -0.507 e. The lowest BCUT2D eigenvalue weighted by molar-refractivity contribution is 0.0714. The van der Waals surface area contributed by atoms with E-state index in [9.17, 15) is 10.2 Å². The topological polar surface area (TPSA) is 58.9 Å². The van der Waals surface area contributed by atoms with Gasteiger partial charge < -0.3 is 19.7 Å². The number of phenols is 1. The number of aliphatic hydroxyl groups is 1. The first-order chi connectivity index (χ1) is 14.1. The molecule has 3 aromatic rings. The van der Waals surface area contributed by atoms with Crippen molar-refractivity contribution in [2.45, 2.75) is 51.6 Å². The van der Waals surface area contributed by atoms with Crippen molar-refractivity contribution in [3.63, 3.8) is 0 Å². The van der Waals surface area contributed by atoms with Crippen LogP contribution >= 0.6 is 0 Å². The van der Waals surface area contributed by atoms with Crippen molar-refractivity contribution in [3.8, 4) is 28.4 Å². The van der Waals surface area contributed by atoms with Crippen LogP contribution in [0, 0.1) is 0 Å². The smallest absolute Gasteiger partial charge is 0.161 e. The van der Waals surface area contributed by atoms with Crippen LogP contribution in [-0.4, -0.2) is 30.0 Å². The van der Waals surface area contributed by atoms with Gasteiger partial charge in [0.1, 0.15) is 5.75 Å². The number of aryl methyl sites for hydroxylation is 1. The average Bonchev–Trinajstić information content (AvgIpc) is 2.92. The van der Waals surface area contributed by atoms with Gasteiger partial charge in [-0.25, -0.2) is 0 Å². The summed E-state index contributed by atoms with van der Waals surface area (Å²) >= 11 is 0. The number of hydrogen-bond donors (Lipinski definition) is 2. The number of rotatable bonds is 5. The van der Waals surface area contributed by atoms with Crippen LogP contribution in [0.3, 0.4) is 0 Å². The molecule has 158 valence electrons. The predicted molar refractivity (Wildman–Crippen MR) is 121 cm³/mol. The Morgan fingerprint density at radius 3 is 2.13 bits per heavy atom. The highest BCUT2D eigenvalue weighted by Crippen LogP contribution is 2.54. The van der Waals surface area contributed by atoms with Gasteiger partial charge in [0.2, 0.25) is 0 Å². The minimum absolute atomic E-state index is 0.242. The SMILES string of the molecule is COc1cc2c(O)cc3c(c2cc1OC)-c1ccc(CCC(C)(C)O)cc1C3(C)C. The van der Waals surface area contributed by atoms with Gasteiger partial charge in [0.15, 0.2) is 11.5 Å². The highest BCUT2D eigenvalue weighted by molar-refractivity contribution is 6.06. The molecule has 0 atom stereocenters. The number of benzene rings is 3. The van der Waals surface area contributed by atoms with E-state index in [1.165, 1.54) is 16.7 Å². The van der Waals surface area contributed by atoms with E-state index in [-0.39, 0.29) is 11.2 Å². The molecular weight excluding hydrogens is 376 g/mol. The van der Waals surface area contributed by atoms with Crippen molar-refractivity contribution in [3.05, 3.63) is 53.1 Å². The van der Waals surface area contributed by atoms with Crippen LogP contribution < -0.4 is 9.47 Å². The average molecular weight is 407 g/mol. The Kier molecular flexibility index (Phi) is 4.74. The molecule has 0 heterocycles. The van der Waals surface area contributed by atoms with Crippen LogP contribution in [0.2, 0.25) is 0 Å². The summed E-state index contributed by atoms with van der Waals surface area (Å²) in [5, 5.41) is 22.7. The summed E-state index contributed by atoms with van der Waals surface area (Å²) in [4.78, 5) is 0. The summed E-state index contributed by atoms with van der Waals surface area (Å²) in [5.41, 5.74) is 4.95. The first-order valence-electron chi connectivity index (χ1n) is 10.3. The standard InChI is InChI=1S/C26H30O4/c1-25(2,28)10-9-15-7-8-16-19(11-15)26(3,4)20-14-21(27)17-12-22(29-5)23(30-6)13-18(17)24(16)20/h7-8,11-14,27-28H,9-10H2,1-6H3. The van der Waals surface area contributed by atoms with Gasteiger partial charge in [-0.1, -0.05) is 32.0 Å². The summed E-state index contributed by atoms with van der Waals surface area (Å²) < 4.78 is 11.0. The Morgan fingerprint density at radius 1 is 0.900 bits per heavy atom. The lowest BCUT2D eigenvalue weighted by Crippen LogP contribution is -2.19. The van der Waals surface area contributed by atoms with Gasteiger partial charge in [-0.15, -0.1) is 0 Å². The second-order valence-electron chi connectivity index (χ2n) is 9.39. The Morgan fingerprint density at radius 2 is 1.53 bits per heavy atom. The molecule has 0 aliphatic heterocycles. The van der Waals surface area contributed by atoms with E-state index in [0.29, 0.717) is 17.9 Å². The van der Waals surface area contributed by atoms with Gasteiger partial charge in [0, 0.05) is 10.8 Å². The van der Waals surface area contributed by atoms with E-state index in [0.717, 1.165) is 28.3 Å². The fourth-order valence-corrected chi connectivity index (χ4v) is 4.59. The van der Waals surface area contributed by atoms with Crippen LogP contribution in [0.5, 0.6) is 17.2 Å². The third kappa shape index (κ3) is 3.20. The van der Waals surface area contributed by atoms with Gasteiger partial charge in [0.05, 0.1) is 19.8 Å². The van der Waals surface area contributed by atoms with Gasteiger partial charge in [-0.2, -0.15) is 0 Å². The third-order valence-corrected chi connectivity index (χ3v) is 6.34. The van der Waals surface area contributed by atoms with Crippen molar-refractivity contribution < 1.29 is 19.7 Å². The zero-order valence-corrected chi connectivity index (χ0v) is 18.6. The summed E-state index contributed by atoms with van der Waals surface area (Å²) in [6.07, 6.45) is 1.53. The quantitative estimate of drug-likeness (QED) is 0.581. The molecule has 1 aliphatic rings. The van der Waals surface area contributed by atoms with E-state index in [1.807, 2.05) is 32.0 Å². The van der Waals surface area contributed by atoms with E-state index in [2.05, 4.69) is 32.0 Å². The lowest BCUT2D eigenvalue weighted by Gasteiger charge is -2.23. The summed E-state index contributed by atoms with van der Waals surface area (Å²) in [7, 11) is 3.22. The molecule has 0 spiro atoms. The number of ether oxygens (including phenoxy) is 2. The first kappa shape index (κ1) is 20.5. The number of fused-ring (bicyclic) bond motifs is 5. The van der Waals surface area contributed by atoms with Crippen molar-refractivity contribution in [2.24, 2.45) is 0 Å². The second kappa shape index (κ2) is 6.92. The molecule has 0 saturated carbocycles. The van der Waals surface area contributed by atoms with Gasteiger partial charge in [-0.05, 0) is 78.1 Å². The number of phenolic OH excluding ortho intramolecular Hbond substituents is 1. The van der Waals surface area contributed by atoms with E-state index >= 15 is 0 Å². The fraction of sp³-hybridized carbons (Fsp3) is 0.385.